The summed E-state index contributed by atoms with van der Waals surface area (Å²) in [5.74, 6) is -0.492. The maximum absolute atomic E-state index is 11.3. The molecule has 1 fully saturated rings. The van der Waals surface area contributed by atoms with Crippen LogP contribution >= 0.6 is 0 Å². The molecule has 0 aromatic carbocycles. The number of hydrogen-bond acceptors (Lipinski definition) is 5. The van der Waals surface area contributed by atoms with Gasteiger partial charge in [0.2, 0.25) is 0 Å². The third-order valence-corrected chi connectivity index (χ3v) is 3.76. The molecule has 1 N–H and O–H groups in total. The average molecular weight is 267 g/mol. The normalized spacial score (nSPS) is 19.3. The van der Waals surface area contributed by atoms with Crippen molar-refractivity contribution in [2.75, 3.05) is 26.7 Å². The molecule has 106 valence electrons. The zero-order chi connectivity index (χ0) is 13.7. The van der Waals surface area contributed by atoms with E-state index in [1.54, 1.807) is 6.20 Å². The van der Waals surface area contributed by atoms with Gasteiger partial charge in [0, 0.05) is 25.5 Å². The summed E-state index contributed by atoms with van der Waals surface area (Å²) in [6.45, 7) is 3.71. The number of aliphatic hydroxyl groups is 1. The third kappa shape index (κ3) is 3.78. The molecule has 0 bridgehead atoms. The molecular formula is C13H21N3O3. The van der Waals surface area contributed by atoms with Gasteiger partial charge in [-0.2, -0.15) is 0 Å². The van der Waals surface area contributed by atoms with Crippen LogP contribution in [0.5, 0.6) is 0 Å². The van der Waals surface area contributed by atoms with Crippen LogP contribution in [0.25, 0.3) is 0 Å². The molecule has 1 saturated heterocycles. The van der Waals surface area contributed by atoms with Gasteiger partial charge in [-0.1, -0.05) is 0 Å². The van der Waals surface area contributed by atoms with Gasteiger partial charge in [-0.05, 0) is 31.8 Å². The Morgan fingerprint density at radius 3 is 2.79 bits per heavy atom. The standard InChI is InChI=1S/C13H21N3O3/c1-19-13(18)12(17)11-2-5-15(6-3-11)8-9-16-7-4-14-10-16/h4,7,10-12,17H,2-3,5-6,8-9H2,1H3. The maximum atomic E-state index is 11.3. The van der Waals surface area contributed by atoms with Crippen LogP contribution < -0.4 is 0 Å². The van der Waals surface area contributed by atoms with Crippen molar-refractivity contribution in [2.24, 2.45) is 5.92 Å². The zero-order valence-corrected chi connectivity index (χ0v) is 11.2. The Balaban J connectivity index is 1.71. The first-order chi connectivity index (χ1) is 9.20. The summed E-state index contributed by atoms with van der Waals surface area (Å²) in [5, 5.41) is 9.80. The molecule has 19 heavy (non-hydrogen) atoms. The topological polar surface area (TPSA) is 67.6 Å². The van der Waals surface area contributed by atoms with E-state index in [4.69, 9.17) is 0 Å². The van der Waals surface area contributed by atoms with Crippen LogP contribution in [0.2, 0.25) is 0 Å². The second kappa shape index (κ2) is 6.68. The Morgan fingerprint density at radius 2 is 2.21 bits per heavy atom. The van der Waals surface area contributed by atoms with Crippen LogP contribution in [0.15, 0.2) is 18.7 Å². The fourth-order valence-corrected chi connectivity index (χ4v) is 2.48. The fraction of sp³-hybridized carbons (Fsp3) is 0.692. The Labute approximate surface area is 113 Å². The number of imidazole rings is 1. The van der Waals surface area contributed by atoms with Gasteiger partial charge in [0.25, 0.3) is 0 Å². The molecule has 1 atom stereocenters. The van der Waals surface area contributed by atoms with Crippen LogP contribution in [-0.4, -0.2) is 58.4 Å². The first-order valence-electron chi connectivity index (χ1n) is 6.64. The lowest BCUT2D eigenvalue weighted by Crippen LogP contribution is -2.41. The van der Waals surface area contributed by atoms with Crippen molar-refractivity contribution in [3.8, 4) is 0 Å². The van der Waals surface area contributed by atoms with Crippen LogP contribution in [0, 0.1) is 5.92 Å². The molecule has 0 aliphatic carbocycles. The van der Waals surface area contributed by atoms with Crippen LogP contribution in [0.4, 0.5) is 0 Å². The number of aliphatic hydroxyl groups excluding tert-OH is 1. The van der Waals surface area contributed by atoms with Crippen molar-refractivity contribution in [3.63, 3.8) is 0 Å². The molecule has 0 saturated carbocycles. The second-order valence-corrected chi connectivity index (χ2v) is 4.95. The number of piperidine rings is 1. The average Bonchev–Trinajstić information content (AvgIpc) is 2.97. The number of carbonyl (C=O) groups is 1. The van der Waals surface area contributed by atoms with Gasteiger partial charge in [0.15, 0.2) is 6.10 Å². The minimum atomic E-state index is -0.971. The Hall–Kier alpha value is -1.40. The Bertz CT molecular complexity index is 386. The van der Waals surface area contributed by atoms with Crippen molar-refractivity contribution >= 4 is 5.97 Å². The lowest BCUT2D eigenvalue weighted by Gasteiger charge is -2.33. The summed E-state index contributed by atoms with van der Waals surface area (Å²) in [5.41, 5.74) is 0. The third-order valence-electron chi connectivity index (χ3n) is 3.76. The predicted octanol–water partition coefficient (Wildman–Crippen LogP) is 0.129. The minimum Gasteiger partial charge on any atom is -0.467 e. The van der Waals surface area contributed by atoms with Crippen LogP contribution in [-0.2, 0) is 16.1 Å². The number of esters is 1. The van der Waals surface area contributed by atoms with Gasteiger partial charge in [-0.25, -0.2) is 9.78 Å². The van der Waals surface area contributed by atoms with E-state index >= 15 is 0 Å². The number of likely N-dealkylation sites (tertiary alicyclic amines) is 1. The van der Waals surface area contributed by atoms with Crippen molar-refractivity contribution < 1.29 is 14.6 Å². The predicted molar refractivity (Wildman–Crippen MR) is 69.4 cm³/mol. The molecule has 6 heteroatoms. The summed E-state index contributed by atoms with van der Waals surface area (Å²) in [4.78, 5) is 17.6. The maximum Gasteiger partial charge on any atom is 0.334 e. The number of carbonyl (C=O) groups excluding carboxylic acids is 1. The SMILES string of the molecule is COC(=O)C(O)C1CCN(CCn2ccnc2)CC1. The zero-order valence-electron chi connectivity index (χ0n) is 11.2. The molecule has 1 aromatic heterocycles. The smallest absolute Gasteiger partial charge is 0.334 e. The molecule has 0 radical (unpaired) electrons. The summed E-state index contributed by atoms with van der Waals surface area (Å²) in [6, 6.07) is 0. The number of ether oxygens (including phenoxy) is 1. The van der Waals surface area contributed by atoms with Crippen molar-refractivity contribution in [3.05, 3.63) is 18.7 Å². The molecule has 1 aromatic rings. The highest BCUT2D eigenvalue weighted by molar-refractivity contribution is 5.74. The molecule has 2 heterocycles. The van der Waals surface area contributed by atoms with Crippen molar-refractivity contribution in [1.29, 1.82) is 0 Å². The summed E-state index contributed by atoms with van der Waals surface area (Å²) in [6.07, 6.45) is 6.24. The van der Waals surface area contributed by atoms with Crippen LogP contribution in [0.1, 0.15) is 12.8 Å². The van der Waals surface area contributed by atoms with Crippen molar-refractivity contribution in [2.45, 2.75) is 25.5 Å². The van der Waals surface area contributed by atoms with Gasteiger partial charge >= 0.3 is 5.97 Å². The molecular weight excluding hydrogens is 246 g/mol. The van der Waals surface area contributed by atoms with E-state index in [0.29, 0.717) is 0 Å². The number of hydrogen-bond donors (Lipinski definition) is 1. The van der Waals surface area contributed by atoms with E-state index in [2.05, 4.69) is 19.2 Å². The monoisotopic (exact) mass is 267 g/mol. The number of nitrogens with zero attached hydrogens (tertiary/aromatic N) is 3. The molecule has 0 amide bonds. The molecule has 1 aliphatic heterocycles. The molecule has 1 unspecified atom stereocenters. The van der Waals surface area contributed by atoms with Gasteiger partial charge in [0.1, 0.15) is 0 Å². The molecule has 0 spiro atoms. The van der Waals surface area contributed by atoms with E-state index < -0.39 is 12.1 Å². The van der Waals surface area contributed by atoms with Crippen molar-refractivity contribution in [1.82, 2.24) is 14.5 Å². The summed E-state index contributed by atoms with van der Waals surface area (Å²) in [7, 11) is 1.31. The largest absolute Gasteiger partial charge is 0.467 e. The van der Waals surface area contributed by atoms with Gasteiger partial charge in [-0.3, -0.25) is 0 Å². The van der Waals surface area contributed by atoms with Gasteiger partial charge < -0.3 is 19.3 Å². The molecule has 2 rings (SSSR count). The quantitative estimate of drug-likeness (QED) is 0.768. The summed E-state index contributed by atoms with van der Waals surface area (Å²) >= 11 is 0. The number of methoxy groups -OCH3 is 1. The van der Waals surface area contributed by atoms with E-state index in [-0.39, 0.29) is 5.92 Å². The number of rotatable bonds is 5. The van der Waals surface area contributed by atoms with E-state index in [0.717, 1.165) is 39.0 Å². The highest BCUT2D eigenvalue weighted by Gasteiger charge is 2.30. The summed E-state index contributed by atoms with van der Waals surface area (Å²) < 4.78 is 6.63. The van der Waals surface area contributed by atoms with Crippen LogP contribution in [0.3, 0.4) is 0 Å². The first kappa shape index (κ1) is 14.0. The molecule has 1 aliphatic rings. The lowest BCUT2D eigenvalue weighted by atomic mass is 9.91. The minimum absolute atomic E-state index is 0.0249. The van der Waals surface area contributed by atoms with E-state index in [1.807, 2.05) is 12.5 Å². The van der Waals surface area contributed by atoms with E-state index in [1.165, 1.54) is 7.11 Å². The first-order valence-corrected chi connectivity index (χ1v) is 6.64. The van der Waals surface area contributed by atoms with Gasteiger partial charge in [0.05, 0.1) is 13.4 Å². The van der Waals surface area contributed by atoms with Gasteiger partial charge in [-0.15, -0.1) is 0 Å². The Kier molecular flexibility index (Phi) is 4.93. The molecule has 6 nitrogen and oxygen atoms in total. The van der Waals surface area contributed by atoms with E-state index in [9.17, 15) is 9.90 Å². The Morgan fingerprint density at radius 1 is 1.47 bits per heavy atom. The highest BCUT2D eigenvalue weighted by Crippen LogP contribution is 2.21. The highest BCUT2D eigenvalue weighted by atomic mass is 16.5. The lowest BCUT2D eigenvalue weighted by molar-refractivity contribution is -0.154. The number of aromatic nitrogens is 2. The second-order valence-electron chi connectivity index (χ2n) is 4.95. The fourth-order valence-electron chi connectivity index (χ4n) is 2.48.